The zero-order valence-corrected chi connectivity index (χ0v) is 12.0. The molecule has 5 heteroatoms. The fourth-order valence-corrected chi connectivity index (χ4v) is 2.56. The molecule has 0 radical (unpaired) electrons. The molecule has 2 aromatic carbocycles. The largest absolute Gasteiger partial charge is 0.248 e. The van der Waals surface area contributed by atoms with E-state index in [1.807, 2.05) is 42.5 Å². The Bertz CT molecular complexity index is 927. The van der Waals surface area contributed by atoms with Gasteiger partial charge in [-0.05, 0) is 47.2 Å². The molecule has 0 fully saturated rings. The lowest BCUT2D eigenvalue weighted by atomic mass is 10.0. The second-order valence-electron chi connectivity index (χ2n) is 5.14. The van der Waals surface area contributed by atoms with Crippen LogP contribution in [0.3, 0.4) is 0 Å². The molecule has 0 bridgehead atoms. The summed E-state index contributed by atoms with van der Waals surface area (Å²) < 4.78 is 1.63. The summed E-state index contributed by atoms with van der Waals surface area (Å²) in [4.78, 5) is 4.75. The standard InChI is InChI=1S/C17H13N5/c1-12-10-17(19-16-5-3-2-4-15(12)16)13-6-8-14(9-7-13)22-11-18-20-21-22/h2-11H,1H3. The van der Waals surface area contributed by atoms with Crippen LogP contribution >= 0.6 is 0 Å². The molecule has 0 aliphatic rings. The fraction of sp³-hybridized carbons (Fsp3) is 0.0588. The number of aromatic nitrogens is 5. The third kappa shape index (κ3) is 2.13. The van der Waals surface area contributed by atoms with Gasteiger partial charge >= 0.3 is 0 Å². The molecule has 0 N–H and O–H groups in total. The molecule has 22 heavy (non-hydrogen) atoms. The van der Waals surface area contributed by atoms with Gasteiger partial charge in [0, 0.05) is 10.9 Å². The number of fused-ring (bicyclic) bond motifs is 1. The number of benzene rings is 2. The van der Waals surface area contributed by atoms with Crippen LogP contribution in [-0.4, -0.2) is 25.2 Å². The van der Waals surface area contributed by atoms with Crippen LogP contribution in [0.4, 0.5) is 0 Å². The zero-order chi connectivity index (χ0) is 14.9. The summed E-state index contributed by atoms with van der Waals surface area (Å²) in [7, 11) is 0. The molecule has 0 saturated heterocycles. The SMILES string of the molecule is Cc1cc(-c2ccc(-n3cnnn3)cc2)nc2ccccc12. The van der Waals surface area contributed by atoms with Crippen LogP contribution in [0.5, 0.6) is 0 Å². The highest BCUT2D eigenvalue weighted by Crippen LogP contribution is 2.24. The first-order chi connectivity index (χ1) is 10.8. The van der Waals surface area contributed by atoms with Gasteiger partial charge in [0.05, 0.1) is 16.9 Å². The summed E-state index contributed by atoms with van der Waals surface area (Å²) in [6.45, 7) is 2.11. The highest BCUT2D eigenvalue weighted by Gasteiger charge is 2.05. The number of hydrogen-bond donors (Lipinski definition) is 0. The molecule has 4 aromatic rings. The Hall–Kier alpha value is -3.08. The van der Waals surface area contributed by atoms with Crippen LogP contribution in [0.1, 0.15) is 5.56 Å². The van der Waals surface area contributed by atoms with Gasteiger partial charge < -0.3 is 0 Å². The molecular formula is C17H13N5. The Morgan fingerprint density at radius 3 is 2.55 bits per heavy atom. The van der Waals surface area contributed by atoms with E-state index in [2.05, 4.69) is 34.6 Å². The van der Waals surface area contributed by atoms with Gasteiger partial charge in [-0.2, -0.15) is 0 Å². The van der Waals surface area contributed by atoms with Gasteiger partial charge in [0.15, 0.2) is 0 Å². The number of pyridine rings is 1. The first-order valence-corrected chi connectivity index (χ1v) is 7.01. The van der Waals surface area contributed by atoms with Crippen LogP contribution in [0, 0.1) is 6.92 Å². The van der Waals surface area contributed by atoms with Gasteiger partial charge in [0.2, 0.25) is 0 Å². The van der Waals surface area contributed by atoms with Crippen molar-refractivity contribution in [2.75, 3.05) is 0 Å². The van der Waals surface area contributed by atoms with E-state index in [0.717, 1.165) is 22.5 Å². The predicted molar refractivity (Wildman–Crippen MR) is 84.6 cm³/mol. The lowest BCUT2D eigenvalue weighted by Gasteiger charge is -2.07. The Balaban J connectivity index is 1.78. The Morgan fingerprint density at radius 2 is 1.77 bits per heavy atom. The van der Waals surface area contributed by atoms with E-state index < -0.39 is 0 Å². The van der Waals surface area contributed by atoms with Crippen molar-refractivity contribution in [1.29, 1.82) is 0 Å². The number of tetrazole rings is 1. The van der Waals surface area contributed by atoms with Gasteiger partial charge in [0.25, 0.3) is 0 Å². The Kier molecular flexibility index (Phi) is 2.89. The van der Waals surface area contributed by atoms with Crippen LogP contribution in [-0.2, 0) is 0 Å². The second kappa shape index (κ2) is 5.04. The molecule has 2 aromatic heterocycles. The van der Waals surface area contributed by atoms with Crippen LogP contribution < -0.4 is 0 Å². The van der Waals surface area contributed by atoms with E-state index in [1.54, 1.807) is 11.0 Å². The lowest BCUT2D eigenvalue weighted by molar-refractivity contribution is 0.789. The summed E-state index contributed by atoms with van der Waals surface area (Å²) in [5, 5.41) is 12.4. The van der Waals surface area contributed by atoms with Gasteiger partial charge in [-0.15, -0.1) is 5.10 Å². The van der Waals surface area contributed by atoms with E-state index in [4.69, 9.17) is 4.98 Å². The van der Waals surface area contributed by atoms with Gasteiger partial charge in [-0.1, -0.05) is 30.3 Å². The number of hydrogen-bond acceptors (Lipinski definition) is 4. The lowest BCUT2D eigenvalue weighted by Crippen LogP contribution is -1.95. The summed E-state index contributed by atoms with van der Waals surface area (Å²) >= 11 is 0. The maximum Gasteiger partial charge on any atom is 0.143 e. The van der Waals surface area contributed by atoms with Crippen molar-refractivity contribution in [3.63, 3.8) is 0 Å². The van der Waals surface area contributed by atoms with Crippen molar-refractivity contribution in [1.82, 2.24) is 25.2 Å². The highest BCUT2D eigenvalue weighted by atomic mass is 15.5. The van der Waals surface area contributed by atoms with E-state index in [9.17, 15) is 0 Å². The van der Waals surface area contributed by atoms with E-state index >= 15 is 0 Å². The second-order valence-corrected chi connectivity index (χ2v) is 5.14. The molecule has 0 unspecified atom stereocenters. The Morgan fingerprint density at radius 1 is 0.955 bits per heavy atom. The summed E-state index contributed by atoms with van der Waals surface area (Å²) in [5.74, 6) is 0. The van der Waals surface area contributed by atoms with Crippen molar-refractivity contribution in [3.05, 3.63) is 66.5 Å². The molecule has 0 amide bonds. The Labute approximate surface area is 127 Å². The maximum atomic E-state index is 4.75. The average molecular weight is 287 g/mol. The molecule has 106 valence electrons. The first-order valence-electron chi connectivity index (χ1n) is 7.01. The van der Waals surface area contributed by atoms with Crippen LogP contribution in [0.25, 0.3) is 27.8 Å². The third-order valence-corrected chi connectivity index (χ3v) is 3.70. The van der Waals surface area contributed by atoms with Gasteiger partial charge in [0.1, 0.15) is 6.33 Å². The molecular weight excluding hydrogens is 274 g/mol. The maximum absolute atomic E-state index is 4.75. The van der Waals surface area contributed by atoms with Gasteiger partial charge in [-0.25, -0.2) is 9.67 Å². The predicted octanol–water partition coefficient (Wildman–Crippen LogP) is 3.19. The first kappa shape index (κ1) is 12.6. The minimum Gasteiger partial charge on any atom is -0.248 e. The minimum atomic E-state index is 0.922. The quantitative estimate of drug-likeness (QED) is 0.568. The zero-order valence-electron chi connectivity index (χ0n) is 12.0. The minimum absolute atomic E-state index is 0.922. The van der Waals surface area contributed by atoms with Crippen molar-refractivity contribution in [2.24, 2.45) is 0 Å². The van der Waals surface area contributed by atoms with E-state index in [1.165, 1.54) is 10.9 Å². The normalized spacial score (nSPS) is 11.0. The van der Waals surface area contributed by atoms with E-state index in [0.29, 0.717) is 0 Å². The number of aryl methyl sites for hydroxylation is 1. The molecule has 0 atom stereocenters. The molecule has 5 nitrogen and oxygen atoms in total. The fourth-order valence-electron chi connectivity index (χ4n) is 2.56. The van der Waals surface area contributed by atoms with Crippen molar-refractivity contribution >= 4 is 10.9 Å². The molecule has 0 aliphatic carbocycles. The topological polar surface area (TPSA) is 56.5 Å². The highest BCUT2D eigenvalue weighted by molar-refractivity contribution is 5.84. The summed E-state index contributed by atoms with van der Waals surface area (Å²) in [6, 6.07) is 18.4. The molecule has 4 rings (SSSR count). The summed E-state index contributed by atoms with van der Waals surface area (Å²) in [5.41, 5.74) is 5.21. The number of rotatable bonds is 2. The van der Waals surface area contributed by atoms with Crippen LogP contribution in [0.2, 0.25) is 0 Å². The summed E-state index contributed by atoms with van der Waals surface area (Å²) in [6.07, 6.45) is 1.58. The van der Waals surface area contributed by atoms with Gasteiger partial charge in [-0.3, -0.25) is 0 Å². The third-order valence-electron chi connectivity index (χ3n) is 3.70. The monoisotopic (exact) mass is 287 g/mol. The van der Waals surface area contributed by atoms with Crippen LogP contribution in [0.15, 0.2) is 60.9 Å². The molecule has 0 aliphatic heterocycles. The number of nitrogens with zero attached hydrogens (tertiary/aromatic N) is 5. The van der Waals surface area contributed by atoms with E-state index in [-0.39, 0.29) is 0 Å². The van der Waals surface area contributed by atoms with Crippen molar-refractivity contribution in [2.45, 2.75) is 6.92 Å². The van der Waals surface area contributed by atoms with Crippen molar-refractivity contribution in [3.8, 4) is 16.9 Å². The molecule has 0 saturated carbocycles. The molecule has 0 spiro atoms. The van der Waals surface area contributed by atoms with Crippen molar-refractivity contribution < 1.29 is 0 Å². The smallest absolute Gasteiger partial charge is 0.143 e. The average Bonchev–Trinajstić information content (AvgIpc) is 3.09. The number of para-hydroxylation sites is 1. The molecule has 2 heterocycles.